The van der Waals surface area contributed by atoms with E-state index in [2.05, 4.69) is 12.2 Å². The molecule has 0 aliphatic heterocycles. The Bertz CT molecular complexity index is 970. The molecule has 0 radical (unpaired) electrons. The van der Waals surface area contributed by atoms with Gasteiger partial charge in [-0.15, -0.1) is 0 Å². The van der Waals surface area contributed by atoms with Gasteiger partial charge in [0.2, 0.25) is 11.8 Å². The van der Waals surface area contributed by atoms with Gasteiger partial charge >= 0.3 is 0 Å². The molecule has 1 aromatic heterocycles. The predicted molar refractivity (Wildman–Crippen MR) is 136 cm³/mol. The summed E-state index contributed by atoms with van der Waals surface area (Å²) in [5.74, 6) is -0.412. The van der Waals surface area contributed by atoms with Crippen LogP contribution in [0.4, 0.5) is 0 Å². The zero-order chi connectivity index (χ0) is 25.9. The van der Waals surface area contributed by atoms with Crippen LogP contribution in [0.3, 0.4) is 0 Å². The topological polar surface area (TPSA) is 111 Å². The summed E-state index contributed by atoms with van der Waals surface area (Å²) in [6.45, 7) is 3.36. The zero-order valence-electron chi connectivity index (χ0n) is 21.7. The minimum atomic E-state index is -0.560. The van der Waals surface area contributed by atoms with Gasteiger partial charge in [0.25, 0.3) is 0 Å². The molecule has 9 heteroatoms. The number of hydrogen-bond donors (Lipinski definition) is 3. The van der Waals surface area contributed by atoms with Crippen molar-refractivity contribution in [3.8, 4) is 0 Å². The molecule has 0 unspecified atom stereocenters. The van der Waals surface area contributed by atoms with Crippen LogP contribution in [0, 0.1) is 17.8 Å². The van der Waals surface area contributed by atoms with Crippen molar-refractivity contribution in [3.05, 3.63) is 36.0 Å². The number of hydroxylamine groups is 1. The molecule has 36 heavy (non-hydrogen) atoms. The Labute approximate surface area is 213 Å². The summed E-state index contributed by atoms with van der Waals surface area (Å²) in [5, 5.41) is 13.7. The number of methoxy groups -OCH3 is 1. The first-order valence-electron chi connectivity index (χ1n) is 12.8. The summed E-state index contributed by atoms with van der Waals surface area (Å²) in [6, 6.07) is 7.61. The van der Waals surface area contributed by atoms with Gasteiger partial charge < -0.3 is 24.1 Å². The molecule has 0 bridgehead atoms. The van der Waals surface area contributed by atoms with Crippen molar-refractivity contribution in [2.75, 3.05) is 33.7 Å². The van der Waals surface area contributed by atoms with Crippen molar-refractivity contribution >= 4 is 22.7 Å². The number of para-hydroxylation sites is 1. The molecule has 1 aliphatic carbocycles. The van der Waals surface area contributed by atoms with Gasteiger partial charge in [0.15, 0.2) is 0 Å². The Balaban J connectivity index is 1.70. The lowest BCUT2D eigenvalue weighted by molar-refractivity contribution is -0.135. The third kappa shape index (κ3) is 8.03. The fourth-order valence-corrected chi connectivity index (χ4v) is 5.03. The number of rotatable bonds is 14. The molecule has 2 aromatic rings. The van der Waals surface area contributed by atoms with Crippen LogP contribution in [-0.4, -0.2) is 61.4 Å². The van der Waals surface area contributed by atoms with E-state index in [1.54, 1.807) is 7.11 Å². The molecule has 1 heterocycles. The molecule has 200 valence electrons. The average molecular weight is 504 g/mol. The molecule has 0 spiro atoms. The highest BCUT2D eigenvalue weighted by Crippen LogP contribution is 2.29. The number of benzene rings is 1. The molecule has 1 fully saturated rings. The van der Waals surface area contributed by atoms with Crippen LogP contribution in [-0.2, 0) is 37.3 Å². The van der Waals surface area contributed by atoms with E-state index < -0.39 is 17.9 Å². The van der Waals surface area contributed by atoms with Crippen molar-refractivity contribution < 1.29 is 29.0 Å². The Kier molecular flexibility index (Phi) is 11.2. The number of carbonyl (C=O) groups excluding carboxylic acids is 2. The minimum Gasteiger partial charge on any atom is -0.382 e. The van der Waals surface area contributed by atoms with Crippen molar-refractivity contribution in [1.29, 1.82) is 0 Å². The average Bonchev–Trinajstić information content (AvgIpc) is 3.20. The second-order valence-electron chi connectivity index (χ2n) is 9.95. The van der Waals surface area contributed by atoms with Crippen LogP contribution >= 0.6 is 0 Å². The summed E-state index contributed by atoms with van der Waals surface area (Å²) in [5.41, 5.74) is 3.90. The predicted octanol–water partition coefficient (Wildman–Crippen LogP) is 3.18. The molecule has 3 rings (SSSR count). The molecule has 1 saturated carbocycles. The highest BCUT2D eigenvalue weighted by Gasteiger charge is 2.29. The van der Waals surface area contributed by atoms with E-state index >= 15 is 0 Å². The number of nitrogens with zero attached hydrogens (tertiary/aromatic N) is 1. The van der Waals surface area contributed by atoms with Gasteiger partial charge in [0.05, 0.1) is 25.9 Å². The molecule has 9 nitrogen and oxygen atoms in total. The first kappa shape index (κ1) is 28.1. The van der Waals surface area contributed by atoms with Crippen molar-refractivity contribution in [2.45, 2.75) is 51.5 Å². The van der Waals surface area contributed by atoms with E-state index in [0.717, 1.165) is 42.1 Å². The Morgan fingerprint density at radius 3 is 2.61 bits per heavy atom. The van der Waals surface area contributed by atoms with Crippen LogP contribution in [0.25, 0.3) is 10.9 Å². The van der Waals surface area contributed by atoms with Crippen LogP contribution in [0.2, 0.25) is 0 Å². The van der Waals surface area contributed by atoms with Crippen molar-refractivity contribution in [1.82, 2.24) is 15.4 Å². The smallest absolute Gasteiger partial charge is 0.246 e. The number of amides is 2. The Morgan fingerprint density at radius 1 is 1.14 bits per heavy atom. The number of hydrogen-bond acceptors (Lipinski definition) is 6. The quantitative estimate of drug-likeness (QED) is 0.158. The third-order valence-electron chi connectivity index (χ3n) is 7.15. The molecular formula is C27H41N3O6. The van der Waals surface area contributed by atoms with Crippen molar-refractivity contribution in [2.24, 2.45) is 24.8 Å². The SMILES string of the molecule is COCCOCOC[C@H](C[C@H](Cc1cn(C)c2ccccc12)C(=O)NO)NC(=O)C1CCC(C)CC1. The third-order valence-corrected chi connectivity index (χ3v) is 7.15. The van der Waals surface area contributed by atoms with Crippen molar-refractivity contribution in [3.63, 3.8) is 0 Å². The fourth-order valence-electron chi connectivity index (χ4n) is 5.03. The van der Waals surface area contributed by atoms with E-state index in [4.69, 9.17) is 14.2 Å². The maximum atomic E-state index is 13.1. The van der Waals surface area contributed by atoms with Crippen LogP contribution in [0.15, 0.2) is 30.5 Å². The van der Waals surface area contributed by atoms with Crippen LogP contribution < -0.4 is 10.8 Å². The van der Waals surface area contributed by atoms with Gasteiger partial charge in [-0.1, -0.05) is 25.1 Å². The molecule has 1 aromatic carbocycles. The van der Waals surface area contributed by atoms with Gasteiger partial charge in [-0.2, -0.15) is 0 Å². The standard InChI is InChI=1S/C27H41N3O6/c1-19-8-10-20(11-9-19)26(31)28-23(17-36-18-35-13-12-34-3)15-21(27(32)29-33)14-22-16-30(2)25-7-5-4-6-24(22)25/h4-7,16,19-21,23,33H,8-15,17-18H2,1-3H3,(H,28,31)(H,29,32)/t19?,20?,21-,23-/m0/s1. The maximum absolute atomic E-state index is 13.1. The molecular weight excluding hydrogens is 462 g/mol. The second kappa shape index (κ2) is 14.3. The second-order valence-corrected chi connectivity index (χ2v) is 9.95. The highest BCUT2D eigenvalue weighted by molar-refractivity contribution is 5.85. The maximum Gasteiger partial charge on any atom is 0.246 e. The van der Waals surface area contributed by atoms with E-state index in [0.29, 0.717) is 32.0 Å². The number of fused-ring (bicyclic) bond motifs is 1. The van der Waals surface area contributed by atoms with Gasteiger partial charge in [0, 0.05) is 43.1 Å². The Morgan fingerprint density at radius 2 is 1.89 bits per heavy atom. The van der Waals surface area contributed by atoms with Crippen LogP contribution in [0.1, 0.15) is 44.6 Å². The fraction of sp³-hybridized carbons (Fsp3) is 0.630. The number of aromatic nitrogens is 1. The van der Waals surface area contributed by atoms with E-state index in [1.165, 1.54) is 0 Å². The normalized spacial score (nSPS) is 19.7. The number of nitrogens with one attached hydrogen (secondary N) is 2. The molecule has 2 amide bonds. The van der Waals surface area contributed by atoms with E-state index in [9.17, 15) is 14.8 Å². The summed E-state index contributed by atoms with van der Waals surface area (Å²) in [4.78, 5) is 25.8. The lowest BCUT2D eigenvalue weighted by atomic mass is 9.82. The van der Waals surface area contributed by atoms with Crippen LogP contribution in [0.5, 0.6) is 0 Å². The Hall–Kier alpha value is -2.46. The lowest BCUT2D eigenvalue weighted by Crippen LogP contribution is -2.45. The largest absolute Gasteiger partial charge is 0.382 e. The van der Waals surface area contributed by atoms with Gasteiger partial charge in [-0.25, -0.2) is 5.48 Å². The molecule has 3 N–H and O–H groups in total. The molecule has 1 aliphatic rings. The monoisotopic (exact) mass is 503 g/mol. The number of carbonyl (C=O) groups is 2. The lowest BCUT2D eigenvalue weighted by Gasteiger charge is -2.29. The summed E-state index contributed by atoms with van der Waals surface area (Å²) in [7, 11) is 3.57. The molecule has 2 atom stereocenters. The van der Waals surface area contributed by atoms with E-state index in [1.807, 2.05) is 47.6 Å². The number of ether oxygens (including phenoxy) is 3. The summed E-state index contributed by atoms with van der Waals surface area (Å²) >= 11 is 0. The minimum absolute atomic E-state index is 0.00381. The van der Waals surface area contributed by atoms with Gasteiger partial charge in [0.1, 0.15) is 6.79 Å². The van der Waals surface area contributed by atoms with Gasteiger partial charge in [-0.05, 0) is 56.1 Å². The van der Waals surface area contributed by atoms with E-state index in [-0.39, 0.29) is 25.2 Å². The zero-order valence-corrected chi connectivity index (χ0v) is 21.7. The summed E-state index contributed by atoms with van der Waals surface area (Å²) < 4.78 is 18.1. The van der Waals surface area contributed by atoms with Gasteiger partial charge in [-0.3, -0.25) is 14.8 Å². The summed E-state index contributed by atoms with van der Waals surface area (Å²) in [6.07, 6.45) is 6.59. The molecule has 0 saturated heterocycles. The number of aryl methyl sites for hydroxylation is 1. The first-order valence-corrected chi connectivity index (χ1v) is 12.8. The highest BCUT2D eigenvalue weighted by atomic mass is 16.7. The first-order chi connectivity index (χ1) is 17.4.